The first kappa shape index (κ1) is 15.9. The van der Waals surface area contributed by atoms with Crippen LogP contribution < -0.4 is 15.0 Å². The maximum Gasteiger partial charge on any atom is 0.291 e. The van der Waals surface area contributed by atoms with E-state index >= 15 is 0 Å². The van der Waals surface area contributed by atoms with Crippen LogP contribution in [0.2, 0.25) is 0 Å². The highest BCUT2D eigenvalue weighted by molar-refractivity contribution is 7.15. The second-order valence-electron chi connectivity index (χ2n) is 6.51. The first-order valence-electron chi connectivity index (χ1n) is 8.47. The summed E-state index contributed by atoms with van der Waals surface area (Å²) < 4.78 is 1.98. The predicted octanol–water partition coefficient (Wildman–Crippen LogP) is 2.47. The number of nitrogens with zero attached hydrogens (tertiary/aromatic N) is 5. The third kappa shape index (κ3) is 2.55. The van der Waals surface area contributed by atoms with Crippen LogP contribution in [0.1, 0.15) is 5.56 Å². The maximum atomic E-state index is 12.8. The molecule has 0 aliphatic rings. The molecule has 3 heterocycles. The molecule has 0 unspecified atom stereocenters. The average molecular weight is 373 g/mol. The third-order valence-electron chi connectivity index (χ3n) is 4.49. The molecule has 132 valence electrons. The highest BCUT2D eigenvalue weighted by atomic mass is 32.1. The number of thiazole rings is 1. The number of hydrogen-bond donors (Lipinski definition) is 0. The molecule has 0 aliphatic carbocycles. The zero-order valence-electron chi connectivity index (χ0n) is 14.7. The van der Waals surface area contributed by atoms with Gasteiger partial charge in [-0.15, -0.1) is 0 Å². The minimum atomic E-state index is -0.161. The third-order valence-corrected chi connectivity index (χ3v) is 5.45. The Kier molecular flexibility index (Phi) is 3.45. The van der Waals surface area contributed by atoms with Crippen molar-refractivity contribution in [2.24, 2.45) is 0 Å². The van der Waals surface area contributed by atoms with Crippen molar-refractivity contribution in [2.75, 3.05) is 19.0 Å². The van der Waals surface area contributed by atoms with Crippen LogP contribution in [-0.4, -0.2) is 33.7 Å². The number of fused-ring (bicyclic) bond motifs is 4. The van der Waals surface area contributed by atoms with Gasteiger partial charge < -0.3 is 4.90 Å². The predicted molar refractivity (Wildman–Crippen MR) is 109 cm³/mol. The second-order valence-corrected chi connectivity index (χ2v) is 7.52. The fourth-order valence-electron chi connectivity index (χ4n) is 3.07. The van der Waals surface area contributed by atoms with Gasteiger partial charge >= 0.3 is 0 Å². The SMILES string of the molecule is CN(C)c1ccc(C=c2sc3nc4nc5ccccc5c4nn3c2=O)cc1. The molecule has 5 rings (SSSR count). The Morgan fingerprint density at radius 3 is 2.59 bits per heavy atom. The van der Waals surface area contributed by atoms with Crippen molar-refractivity contribution in [3.63, 3.8) is 0 Å². The van der Waals surface area contributed by atoms with E-state index in [1.807, 2.05) is 73.6 Å². The number of para-hydroxylation sites is 1. The Morgan fingerprint density at radius 1 is 1.04 bits per heavy atom. The summed E-state index contributed by atoms with van der Waals surface area (Å²) in [6, 6.07) is 15.8. The minimum absolute atomic E-state index is 0.161. The van der Waals surface area contributed by atoms with E-state index in [0.29, 0.717) is 20.7 Å². The van der Waals surface area contributed by atoms with E-state index in [0.717, 1.165) is 22.2 Å². The van der Waals surface area contributed by atoms with Gasteiger partial charge in [-0.3, -0.25) is 4.79 Å². The van der Waals surface area contributed by atoms with Crippen LogP contribution in [0.25, 0.3) is 33.1 Å². The molecule has 0 bridgehead atoms. The Bertz CT molecular complexity index is 1420. The van der Waals surface area contributed by atoms with Gasteiger partial charge in [0.05, 0.1) is 10.0 Å². The summed E-state index contributed by atoms with van der Waals surface area (Å²) in [5.74, 6) is 0. The minimum Gasteiger partial charge on any atom is -0.378 e. The van der Waals surface area contributed by atoms with E-state index in [9.17, 15) is 4.79 Å². The molecular formula is C20H15N5OS. The fraction of sp³-hybridized carbons (Fsp3) is 0.100. The Hall–Kier alpha value is -3.32. The molecule has 0 amide bonds. The summed E-state index contributed by atoms with van der Waals surface area (Å²) in [5, 5.41) is 5.44. The van der Waals surface area contributed by atoms with Crippen LogP contribution in [0, 0.1) is 0 Å². The molecular weight excluding hydrogens is 358 g/mol. The molecule has 0 atom stereocenters. The Morgan fingerprint density at radius 2 is 1.81 bits per heavy atom. The van der Waals surface area contributed by atoms with Gasteiger partial charge in [0.25, 0.3) is 5.56 Å². The van der Waals surface area contributed by atoms with Gasteiger partial charge in [0.1, 0.15) is 5.52 Å². The van der Waals surface area contributed by atoms with Crippen molar-refractivity contribution in [3.05, 3.63) is 69.0 Å². The van der Waals surface area contributed by atoms with Gasteiger partial charge in [-0.25, -0.2) is 4.98 Å². The standard InChI is InChI=1S/C20H15N5OS/c1-24(2)13-9-7-12(8-10-13)11-16-19(26)25-20(27-16)22-18-17(23-25)14-5-3-4-6-15(14)21-18/h3-11H,1-2H3. The Labute approximate surface area is 158 Å². The van der Waals surface area contributed by atoms with Crippen LogP contribution in [0.5, 0.6) is 0 Å². The molecule has 2 aromatic carbocycles. The van der Waals surface area contributed by atoms with E-state index in [1.165, 1.54) is 15.9 Å². The summed E-state index contributed by atoms with van der Waals surface area (Å²) in [4.78, 5) is 24.5. The molecule has 7 heteroatoms. The summed E-state index contributed by atoms with van der Waals surface area (Å²) in [5.41, 5.74) is 3.98. The second kappa shape index (κ2) is 5.85. The zero-order valence-corrected chi connectivity index (χ0v) is 15.6. The molecule has 0 fully saturated rings. The molecule has 5 aromatic rings. The van der Waals surface area contributed by atoms with Gasteiger partial charge in [-0.05, 0) is 29.8 Å². The van der Waals surface area contributed by atoms with Crippen LogP contribution in [0.15, 0.2) is 53.3 Å². The molecule has 0 radical (unpaired) electrons. The monoisotopic (exact) mass is 373 g/mol. The largest absolute Gasteiger partial charge is 0.378 e. The summed E-state index contributed by atoms with van der Waals surface area (Å²) in [7, 11) is 3.99. The Balaban J connectivity index is 1.70. The zero-order chi connectivity index (χ0) is 18.5. The first-order valence-corrected chi connectivity index (χ1v) is 9.29. The van der Waals surface area contributed by atoms with Gasteiger partial charge in [0.15, 0.2) is 5.65 Å². The molecule has 27 heavy (non-hydrogen) atoms. The lowest BCUT2D eigenvalue weighted by Gasteiger charge is -2.11. The van der Waals surface area contributed by atoms with Crippen molar-refractivity contribution in [3.8, 4) is 0 Å². The van der Waals surface area contributed by atoms with Crippen LogP contribution in [0.3, 0.4) is 0 Å². The first-order chi connectivity index (χ1) is 13.1. The molecule has 0 spiro atoms. The smallest absolute Gasteiger partial charge is 0.291 e. The lowest BCUT2D eigenvalue weighted by molar-refractivity contribution is 0.914. The fourth-order valence-corrected chi connectivity index (χ4v) is 3.98. The highest BCUT2D eigenvalue weighted by Crippen LogP contribution is 2.22. The van der Waals surface area contributed by atoms with Gasteiger partial charge in [0.2, 0.25) is 4.96 Å². The molecule has 6 nitrogen and oxygen atoms in total. The van der Waals surface area contributed by atoms with Crippen LogP contribution in [-0.2, 0) is 0 Å². The summed E-state index contributed by atoms with van der Waals surface area (Å²) in [6.45, 7) is 0. The molecule has 3 aromatic heterocycles. The summed E-state index contributed by atoms with van der Waals surface area (Å²) >= 11 is 1.32. The molecule has 0 N–H and O–H groups in total. The number of hydrogen-bond acceptors (Lipinski definition) is 6. The lowest BCUT2D eigenvalue weighted by Crippen LogP contribution is -2.24. The quantitative estimate of drug-likeness (QED) is 0.476. The van der Waals surface area contributed by atoms with Crippen molar-refractivity contribution >= 4 is 50.1 Å². The number of rotatable bonds is 2. The van der Waals surface area contributed by atoms with Gasteiger partial charge in [-0.2, -0.15) is 14.6 Å². The normalized spacial score (nSPS) is 12.4. The molecule has 0 aliphatic heterocycles. The average Bonchev–Trinajstić information content (AvgIpc) is 3.18. The number of anilines is 1. The van der Waals surface area contributed by atoms with Crippen molar-refractivity contribution in [1.82, 2.24) is 19.6 Å². The van der Waals surface area contributed by atoms with Crippen LogP contribution in [0.4, 0.5) is 5.69 Å². The van der Waals surface area contributed by atoms with E-state index in [-0.39, 0.29) is 5.56 Å². The molecule has 0 saturated carbocycles. The van der Waals surface area contributed by atoms with Gasteiger partial charge in [0, 0.05) is 25.2 Å². The topological polar surface area (TPSA) is 63.4 Å². The molecule has 0 saturated heterocycles. The van der Waals surface area contributed by atoms with E-state index < -0.39 is 0 Å². The van der Waals surface area contributed by atoms with E-state index in [1.54, 1.807) is 0 Å². The number of aromatic nitrogens is 4. The lowest BCUT2D eigenvalue weighted by atomic mass is 10.2. The van der Waals surface area contributed by atoms with E-state index in [4.69, 9.17) is 0 Å². The van der Waals surface area contributed by atoms with Crippen molar-refractivity contribution < 1.29 is 0 Å². The summed E-state index contributed by atoms with van der Waals surface area (Å²) in [6.07, 6.45) is 1.87. The van der Waals surface area contributed by atoms with Crippen molar-refractivity contribution in [2.45, 2.75) is 0 Å². The number of benzene rings is 2. The van der Waals surface area contributed by atoms with E-state index in [2.05, 4.69) is 15.1 Å². The highest BCUT2D eigenvalue weighted by Gasteiger charge is 2.12. The maximum absolute atomic E-state index is 12.8. The van der Waals surface area contributed by atoms with Crippen LogP contribution >= 0.6 is 11.3 Å². The van der Waals surface area contributed by atoms with Crippen molar-refractivity contribution in [1.29, 1.82) is 0 Å². The van der Waals surface area contributed by atoms with Gasteiger partial charge in [-0.1, -0.05) is 41.7 Å².